The van der Waals surface area contributed by atoms with Crippen LogP contribution in [0.3, 0.4) is 0 Å². The van der Waals surface area contributed by atoms with Gasteiger partial charge < -0.3 is 20.6 Å². The second-order valence-corrected chi connectivity index (χ2v) is 5.62. The van der Waals surface area contributed by atoms with Gasteiger partial charge in [0.25, 0.3) is 0 Å². The number of aliphatic hydroxyl groups excluding tert-OH is 1. The predicted molar refractivity (Wildman–Crippen MR) is 75.0 cm³/mol. The van der Waals surface area contributed by atoms with Crippen LogP contribution in [0.4, 0.5) is 0 Å². The quantitative estimate of drug-likeness (QED) is 0.593. The Morgan fingerprint density at radius 1 is 1.25 bits per heavy atom. The van der Waals surface area contributed by atoms with E-state index in [9.17, 15) is 9.59 Å². The number of carbonyl (C=O) groups is 2. The van der Waals surface area contributed by atoms with Crippen LogP contribution in [0.15, 0.2) is 0 Å². The summed E-state index contributed by atoms with van der Waals surface area (Å²) in [5, 5.41) is 14.8. The fourth-order valence-corrected chi connectivity index (χ4v) is 2.91. The van der Waals surface area contributed by atoms with Crippen molar-refractivity contribution >= 4 is 11.8 Å². The molecular weight excluding hydrogens is 258 g/mol. The van der Waals surface area contributed by atoms with Crippen molar-refractivity contribution in [3.8, 4) is 0 Å². The summed E-state index contributed by atoms with van der Waals surface area (Å²) in [6, 6.07) is -0.00932. The number of piperidine rings is 1. The van der Waals surface area contributed by atoms with Gasteiger partial charge in [0.1, 0.15) is 0 Å². The summed E-state index contributed by atoms with van der Waals surface area (Å²) in [4.78, 5) is 26.0. The molecule has 2 saturated heterocycles. The van der Waals surface area contributed by atoms with E-state index in [-0.39, 0.29) is 30.4 Å². The molecule has 0 aromatic rings. The monoisotopic (exact) mass is 283 g/mol. The smallest absolute Gasteiger partial charge is 0.239 e. The normalized spacial score (nSPS) is 23.9. The van der Waals surface area contributed by atoms with Gasteiger partial charge in [0.15, 0.2) is 0 Å². The molecule has 0 radical (unpaired) electrons. The molecule has 0 aliphatic carbocycles. The first kappa shape index (κ1) is 15.3. The van der Waals surface area contributed by atoms with Gasteiger partial charge in [-0.3, -0.25) is 9.59 Å². The van der Waals surface area contributed by atoms with Gasteiger partial charge in [-0.15, -0.1) is 0 Å². The van der Waals surface area contributed by atoms with Crippen LogP contribution in [0.2, 0.25) is 0 Å². The summed E-state index contributed by atoms with van der Waals surface area (Å²) in [5.41, 5.74) is 0. The molecule has 0 aromatic carbocycles. The first-order chi connectivity index (χ1) is 9.72. The van der Waals surface area contributed by atoms with Crippen molar-refractivity contribution in [1.82, 2.24) is 15.5 Å². The van der Waals surface area contributed by atoms with Crippen molar-refractivity contribution < 1.29 is 14.7 Å². The van der Waals surface area contributed by atoms with E-state index >= 15 is 0 Å². The Morgan fingerprint density at radius 2 is 2.00 bits per heavy atom. The number of aliphatic hydroxyl groups is 1. The molecule has 1 atom stereocenters. The highest BCUT2D eigenvalue weighted by atomic mass is 16.3. The van der Waals surface area contributed by atoms with Gasteiger partial charge in [-0.1, -0.05) is 0 Å². The summed E-state index contributed by atoms with van der Waals surface area (Å²) >= 11 is 0. The maximum absolute atomic E-state index is 12.2. The maximum Gasteiger partial charge on any atom is 0.239 e. The third-order valence-electron chi connectivity index (χ3n) is 4.17. The summed E-state index contributed by atoms with van der Waals surface area (Å²) in [6.45, 7) is 2.91. The zero-order chi connectivity index (χ0) is 14.4. The fraction of sp³-hybridized carbons (Fsp3) is 0.857. The van der Waals surface area contributed by atoms with Crippen LogP contribution in [-0.2, 0) is 9.59 Å². The molecule has 6 heteroatoms. The molecule has 2 heterocycles. The van der Waals surface area contributed by atoms with Crippen LogP contribution >= 0.6 is 0 Å². The van der Waals surface area contributed by atoms with Gasteiger partial charge in [0, 0.05) is 32.2 Å². The van der Waals surface area contributed by atoms with Gasteiger partial charge in [-0.05, 0) is 38.6 Å². The van der Waals surface area contributed by atoms with Crippen molar-refractivity contribution in [3.05, 3.63) is 0 Å². The van der Waals surface area contributed by atoms with Crippen molar-refractivity contribution in [1.29, 1.82) is 0 Å². The Balaban J connectivity index is 1.71. The number of hydrogen-bond donors (Lipinski definition) is 3. The van der Waals surface area contributed by atoms with E-state index in [1.54, 1.807) is 0 Å². The Labute approximate surface area is 119 Å². The second-order valence-electron chi connectivity index (χ2n) is 5.62. The highest BCUT2D eigenvalue weighted by Gasteiger charge is 2.31. The molecule has 0 saturated carbocycles. The molecule has 2 aliphatic heterocycles. The van der Waals surface area contributed by atoms with Crippen molar-refractivity contribution in [2.75, 3.05) is 32.8 Å². The first-order valence-corrected chi connectivity index (χ1v) is 7.63. The molecule has 0 spiro atoms. The third-order valence-corrected chi connectivity index (χ3v) is 4.17. The Bertz CT molecular complexity index is 335. The lowest BCUT2D eigenvalue weighted by atomic mass is 9.95. The summed E-state index contributed by atoms with van der Waals surface area (Å²) in [6.07, 6.45) is 4.07. The maximum atomic E-state index is 12.2. The number of nitrogens with one attached hydrogen (secondary N) is 2. The van der Waals surface area contributed by atoms with Crippen LogP contribution in [0.1, 0.15) is 32.1 Å². The van der Waals surface area contributed by atoms with E-state index in [1.807, 2.05) is 4.90 Å². The standard InChI is InChI=1S/C14H25N3O3/c18-10-2-7-16-13(19)11-4-8-17(9-5-11)14(20)12-3-1-6-15-12/h11-12,15,18H,1-10H2,(H,16,19)/t12-/m0/s1. The lowest BCUT2D eigenvalue weighted by Gasteiger charge is -2.33. The summed E-state index contributed by atoms with van der Waals surface area (Å²) < 4.78 is 0. The molecule has 2 aliphatic rings. The molecule has 20 heavy (non-hydrogen) atoms. The lowest BCUT2D eigenvalue weighted by molar-refractivity contribution is -0.137. The van der Waals surface area contributed by atoms with E-state index < -0.39 is 0 Å². The van der Waals surface area contributed by atoms with Gasteiger partial charge in [0.05, 0.1) is 6.04 Å². The number of amides is 2. The molecular formula is C14H25N3O3. The van der Waals surface area contributed by atoms with Crippen LogP contribution in [0.25, 0.3) is 0 Å². The molecule has 2 amide bonds. The molecule has 6 nitrogen and oxygen atoms in total. The van der Waals surface area contributed by atoms with Gasteiger partial charge >= 0.3 is 0 Å². The first-order valence-electron chi connectivity index (χ1n) is 7.63. The van der Waals surface area contributed by atoms with Gasteiger partial charge in [-0.2, -0.15) is 0 Å². The van der Waals surface area contributed by atoms with E-state index in [0.717, 1.165) is 32.2 Å². The minimum Gasteiger partial charge on any atom is -0.396 e. The van der Waals surface area contributed by atoms with Crippen LogP contribution in [0.5, 0.6) is 0 Å². The number of likely N-dealkylation sites (tertiary alicyclic amines) is 1. The molecule has 2 rings (SSSR count). The third kappa shape index (κ3) is 3.93. The number of rotatable bonds is 5. The number of carbonyl (C=O) groups excluding carboxylic acids is 2. The summed E-state index contributed by atoms with van der Waals surface area (Å²) in [7, 11) is 0. The van der Waals surface area contributed by atoms with Gasteiger partial charge in [-0.25, -0.2) is 0 Å². The Morgan fingerprint density at radius 3 is 2.60 bits per heavy atom. The van der Waals surface area contributed by atoms with E-state index in [1.165, 1.54) is 0 Å². The highest BCUT2D eigenvalue weighted by Crippen LogP contribution is 2.19. The SMILES string of the molecule is O=C(NCCCO)C1CCN(C(=O)[C@@H]2CCCN2)CC1. The van der Waals surface area contributed by atoms with Crippen LogP contribution in [-0.4, -0.2) is 60.6 Å². The van der Waals surface area contributed by atoms with Crippen molar-refractivity contribution in [2.24, 2.45) is 5.92 Å². The molecule has 0 bridgehead atoms. The van der Waals surface area contributed by atoms with Crippen molar-refractivity contribution in [2.45, 2.75) is 38.1 Å². The average Bonchev–Trinajstić information content (AvgIpc) is 3.01. The Hall–Kier alpha value is -1.14. The predicted octanol–water partition coefficient (Wildman–Crippen LogP) is -0.524. The minimum absolute atomic E-state index is 0.00859. The van der Waals surface area contributed by atoms with Crippen LogP contribution < -0.4 is 10.6 Å². The van der Waals surface area contributed by atoms with Crippen molar-refractivity contribution in [3.63, 3.8) is 0 Å². The average molecular weight is 283 g/mol. The lowest BCUT2D eigenvalue weighted by Crippen LogP contribution is -2.48. The molecule has 3 N–H and O–H groups in total. The minimum atomic E-state index is -0.00932. The van der Waals surface area contributed by atoms with E-state index in [2.05, 4.69) is 10.6 Å². The zero-order valence-electron chi connectivity index (χ0n) is 11.9. The Kier molecular flexibility index (Phi) is 5.79. The molecule has 114 valence electrons. The van der Waals surface area contributed by atoms with E-state index in [4.69, 9.17) is 5.11 Å². The van der Waals surface area contributed by atoms with Gasteiger partial charge in [0.2, 0.25) is 11.8 Å². The van der Waals surface area contributed by atoms with Crippen LogP contribution in [0, 0.1) is 5.92 Å². The number of nitrogens with zero attached hydrogens (tertiary/aromatic N) is 1. The number of hydrogen-bond acceptors (Lipinski definition) is 4. The van der Waals surface area contributed by atoms with E-state index in [0.29, 0.717) is 26.1 Å². The highest BCUT2D eigenvalue weighted by molar-refractivity contribution is 5.83. The molecule has 2 fully saturated rings. The molecule has 0 aromatic heterocycles. The second kappa shape index (κ2) is 7.59. The fourth-order valence-electron chi connectivity index (χ4n) is 2.91. The largest absolute Gasteiger partial charge is 0.396 e. The topological polar surface area (TPSA) is 81.7 Å². The molecule has 0 unspecified atom stereocenters. The zero-order valence-corrected chi connectivity index (χ0v) is 11.9. The summed E-state index contributed by atoms with van der Waals surface area (Å²) in [5.74, 6) is 0.264.